The third kappa shape index (κ3) is 3.95. The van der Waals surface area contributed by atoms with Crippen LogP contribution in [0.4, 0.5) is 0 Å². The van der Waals surface area contributed by atoms with Crippen molar-refractivity contribution in [2.24, 2.45) is 5.73 Å². The molecule has 14 heavy (non-hydrogen) atoms. The van der Waals surface area contributed by atoms with E-state index < -0.39 is 0 Å². The summed E-state index contributed by atoms with van der Waals surface area (Å²) in [5.74, 6) is 0. The van der Waals surface area contributed by atoms with Gasteiger partial charge in [-0.15, -0.1) is 0 Å². The van der Waals surface area contributed by atoms with Crippen LogP contribution in [-0.2, 0) is 0 Å². The molecule has 3 nitrogen and oxygen atoms in total. The Morgan fingerprint density at radius 1 is 1.50 bits per heavy atom. The number of rotatable bonds is 4. The molecule has 0 bridgehead atoms. The minimum Gasteiger partial charge on any atom is -0.328 e. The van der Waals surface area contributed by atoms with E-state index in [1.54, 1.807) is 0 Å². The number of piperidine rings is 1. The smallest absolute Gasteiger partial charge is 0.0217 e. The van der Waals surface area contributed by atoms with Crippen LogP contribution in [0.5, 0.6) is 0 Å². The van der Waals surface area contributed by atoms with E-state index in [1.807, 2.05) is 0 Å². The molecule has 84 valence electrons. The minimum atomic E-state index is 0.342. The third-order valence-corrected chi connectivity index (χ3v) is 3.11. The fraction of sp³-hybridized carbons (Fsp3) is 1.00. The Labute approximate surface area is 88.2 Å². The van der Waals surface area contributed by atoms with E-state index >= 15 is 0 Å². The van der Waals surface area contributed by atoms with Crippen molar-refractivity contribution < 1.29 is 0 Å². The lowest BCUT2D eigenvalue weighted by molar-refractivity contribution is 0.131. The van der Waals surface area contributed by atoms with Crippen LogP contribution in [0.25, 0.3) is 0 Å². The first-order chi connectivity index (χ1) is 6.59. The van der Waals surface area contributed by atoms with Crippen LogP contribution < -0.4 is 5.73 Å². The summed E-state index contributed by atoms with van der Waals surface area (Å²) >= 11 is 0. The Morgan fingerprint density at radius 2 is 2.21 bits per heavy atom. The molecule has 2 N–H and O–H groups in total. The Hall–Kier alpha value is -0.120. The average molecular weight is 199 g/mol. The van der Waals surface area contributed by atoms with Gasteiger partial charge in [0.1, 0.15) is 0 Å². The van der Waals surface area contributed by atoms with Gasteiger partial charge >= 0.3 is 0 Å². The van der Waals surface area contributed by atoms with Crippen LogP contribution in [0.15, 0.2) is 0 Å². The molecule has 0 saturated carbocycles. The molecule has 0 radical (unpaired) electrons. The standard InChI is InChI=1S/C11H25N3/c1-10(12)6-8-14-7-4-5-11(9-14)13(2)3/h10-11H,4-9,12H2,1-3H3. The van der Waals surface area contributed by atoms with E-state index in [1.165, 1.54) is 32.5 Å². The van der Waals surface area contributed by atoms with Crippen molar-refractivity contribution in [2.45, 2.75) is 38.3 Å². The van der Waals surface area contributed by atoms with Crippen molar-refractivity contribution in [1.82, 2.24) is 9.80 Å². The Balaban J connectivity index is 2.25. The summed E-state index contributed by atoms with van der Waals surface area (Å²) in [7, 11) is 4.36. The topological polar surface area (TPSA) is 32.5 Å². The van der Waals surface area contributed by atoms with Crippen LogP contribution in [-0.4, -0.2) is 55.6 Å². The summed E-state index contributed by atoms with van der Waals surface area (Å²) in [6.07, 6.45) is 3.81. The molecule has 1 rings (SSSR count). The number of hydrogen-bond donors (Lipinski definition) is 1. The fourth-order valence-corrected chi connectivity index (χ4v) is 2.04. The second-order valence-corrected chi connectivity index (χ2v) is 4.83. The first-order valence-corrected chi connectivity index (χ1v) is 5.74. The first-order valence-electron chi connectivity index (χ1n) is 5.74. The summed E-state index contributed by atoms with van der Waals surface area (Å²) in [6, 6.07) is 1.09. The molecule has 0 spiro atoms. The Kier molecular flexibility index (Phi) is 4.85. The predicted octanol–water partition coefficient (Wildman–Crippen LogP) is 0.750. The van der Waals surface area contributed by atoms with E-state index in [0.29, 0.717) is 6.04 Å². The van der Waals surface area contributed by atoms with Gasteiger partial charge in [-0.25, -0.2) is 0 Å². The largest absolute Gasteiger partial charge is 0.328 e. The van der Waals surface area contributed by atoms with E-state index in [4.69, 9.17) is 5.73 Å². The van der Waals surface area contributed by atoms with Crippen LogP contribution in [0.2, 0.25) is 0 Å². The molecule has 0 amide bonds. The summed E-state index contributed by atoms with van der Waals surface area (Å²) in [4.78, 5) is 4.90. The SMILES string of the molecule is CC(N)CCN1CCCC(N(C)C)C1. The lowest BCUT2D eigenvalue weighted by atomic mass is 10.0. The van der Waals surface area contributed by atoms with Crippen LogP contribution >= 0.6 is 0 Å². The number of likely N-dealkylation sites (tertiary alicyclic amines) is 1. The van der Waals surface area contributed by atoms with Gasteiger partial charge in [0, 0.05) is 18.6 Å². The molecule has 0 aliphatic carbocycles. The highest BCUT2D eigenvalue weighted by molar-refractivity contribution is 4.78. The molecule has 1 heterocycles. The zero-order chi connectivity index (χ0) is 10.6. The quantitative estimate of drug-likeness (QED) is 0.725. The molecule has 1 aliphatic rings. The minimum absolute atomic E-state index is 0.342. The van der Waals surface area contributed by atoms with Crippen molar-refractivity contribution in [2.75, 3.05) is 33.7 Å². The number of nitrogens with zero attached hydrogens (tertiary/aromatic N) is 2. The van der Waals surface area contributed by atoms with Crippen LogP contribution in [0, 0.1) is 0 Å². The van der Waals surface area contributed by atoms with E-state index in [0.717, 1.165) is 12.5 Å². The Morgan fingerprint density at radius 3 is 2.79 bits per heavy atom. The van der Waals surface area contributed by atoms with E-state index in [-0.39, 0.29) is 0 Å². The second kappa shape index (κ2) is 5.69. The van der Waals surface area contributed by atoms with Crippen molar-refractivity contribution in [3.8, 4) is 0 Å². The molecule has 2 atom stereocenters. The van der Waals surface area contributed by atoms with Gasteiger partial charge in [0.25, 0.3) is 0 Å². The van der Waals surface area contributed by atoms with E-state index in [2.05, 4.69) is 30.8 Å². The maximum Gasteiger partial charge on any atom is 0.0217 e. The molecule has 0 aromatic heterocycles. The molecular weight excluding hydrogens is 174 g/mol. The van der Waals surface area contributed by atoms with Crippen molar-refractivity contribution in [3.05, 3.63) is 0 Å². The number of likely N-dealkylation sites (N-methyl/N-ethyl adjacent to an activating group) is 1. The number of nitrogens with two attached hydrogens (primary N) is 1. The van der Waals surface area contributed by atoms with Gasteiger partial charge in [0.2, 0.25) is 0 Å². The van der Waals surface area contributed by atoms with Crippen molar-refractivity contribution in [1.29, 1.82) is 0 Å². The van der Waals surface area contributed by atoms with Gasteiger partial charge in [0.05, 0.1) is 0 Å². The molecule has 1 saturated heterocycles. The summed E-state index contributed by atoms with van der Waals surface area (Å²) in [5, 5.41) is 0. The Bertz CT molecular complexity index is 157. The molecule has 1 fully saturated rings. The average Bonchev–Trinajstić information content (AvgIpc) is 2.15. The summed E-state index contributed by atoms with van der Waals surface area (Å²) < 4.78 is 0. The first kappa shape index (κ1) is 12.0. The maximum absolute atomic E-state index is 5.77. The predicted molar refractivity (Wildman–Crippen MR) is 61.4 cm³/mol. The maximum atomic E-state index is 5.77. The van der Waals surface area contributed by atoms with Crippen molar-refractivity contribution >= 4 is 0 Å². The van der Waals surface area contributed by atoms with Crippen LogP contribution in [0.1, 0.15) is 26.2 Å². The van der Waals surface area contributed by atoms with Gasteiger partial charge in [-0.3, -0.25) is 0 Å². The van der Waals surface area contributed by atoms with Gasteiger partial charge < -0.3 is 15.5 Å². The van der Waals surface area contributed by atoms with Gasteiger partial charge in [0.15, 0.2) is 0 Å². The van der Waals surface area contributed by atoms with Crippen LogP contribution in [0.3, 0.4) is 0 Å². The lowest BCUT2D eigenvalue weighted by Gasteiger charge is -2.36. The highest BCUT2D eigenvalue weighted by Gasteiger charge is 2.20. The van der Waals surface area contributed by atoms with Gasteiger partial charge in [-0.2, -0.15) is 0 Å². The normalized spacial score (nSPS) is 26.8. The zero-order valence-corrected chi connectivity index (χ0v) is 9.87. The monoisotopic (exact) mass is 199 g/mol. The molecule has 3 heteroatoms. The molecule has 2 unspecified atom stereocenters. The molecule has 0 aromatic carbocycles. The summed E-state index contributed by atoms with van der Waals surface area (Å²) in [5.41, 5.74) is 5.77. The van der Waals surface area contributed by atoms with Gasteiger partial charge in [-0.1, -0.05) is 0 Å². The highest BCUT2D eigenvalue weighted by Crippen LogP contribution is 2.13. The molecular formula is C11H25N3. The van der Waals surface area contributed by atoms with E-state index in [9.17, 15) is 0 Å². The van der Waals surface area contributed by atoms with Gasteiger partial charge in [-0.05, 0) is 53.4 Å². The number of hydrogen-bond acceptors (Lipinski definition) is 3. The highest BCUT2D eigenvalue weighted by atomic mass is 15.2. The van der Waals surface area contributed by atoms with Crippen molar-refractivity contribution in [3.63, 3.8) is 0 Å². The summed E-state index contributed by atoms with van der Waals surface area (Å²) in [6.45, 7) is 5.74. The zero-order valence-electron chi connectivity index (χ0n) is 9.87. The second-order valence-electron chi connectivity index (χ2n) is 4.83. The molecule has 1 aliphatic heterocycles. The third-order valence-electron chi connectivity index (χ3n) is 3.11. The fourth-order valence-electron chi connectivity index (χ4n) is 2.04. The molecule has 0 aromatic rings. The lowest BCUT2D eigenvalue weighted by Crippen LogP contribution is -2.45.